The van der Waals surface area contributed by atoms with E-state index in [-0.39, 0.29) is 5.78 Å². The van der Waals surface area contributed by atoms with Crippen LogP contribution in [0.15, 0.2) is 42.6 Å². The van der Waals surface area contributed by atoms with E-state index in [9.17, 15) is 4.79 Å². The molecule has 3 aromatic rings. The van der Waals surface area contributed by atoms with E-state index in [1.54, 1.807) is 51.8 Å². The number of ketones is 1. The van der Waals surface area contributed by atoms with E-state index < -0.39 is 0 Å². The highest BCUT2D eigenvalue weighted by Gasteiger charge is 2.21. The lowest BCUT2D eigenvalue weighted by Crippen LogP contribution is -2.06. The van der Waals surface area contributed by atoms with Gasteiger partial charge in [0.1, 0.15) is 5.69 Å². The van der Waals surface area contributed by atoms with Crippen molar-refractivity contribution in [1.82, 2.24) is 4.98 Å². The summed E-state index contributed by atoms with van der Waals surface area (Å²) in [4.78, 5) is 17.3. The highest BCUT2D eigenvalue weighted by Crippen LogP contribution is 2.43. The first-order chi connectivity index (χ1) is 12.1. The summed E-state index contributed by atoms with van der Waals surface area (Å²) in [6.07, 6.45) is 1.60. The summed E-state index contributed by atoms with van der Waals surface area (Å²) in [7, 11) is 4.64. The van der Waals surface area contributed by atoms with E-state index in [4.69, 9.17) is 14.2 Å². The SMILES string of the molecule is COc1cc2c(C(=O)c3ccc(C)cc3)nccc2c(OC)c1OC. The monoisotopic (exact) mass is 337 g/mol. The van der Waals surface area contributed by atoms with Gasteiger partial charge in [0.05, 0.1) is 21.3 Å². The third-order valence-electron chi connectivity index (χ3n) is 4.10. The van der Waals surface area contributed by atoms with Crippen LogP contribution in [0, 0.1) is 6.92 Å². The molecule has 0 saturated heterocycles. The Morgan fingerprint density at radius 2 is 1.56 bits per heavy atom. The Bertz CT molecular complexity index is 933. The summed E-state index contributed by atoms with van der Waals surface area (Å²) >= 11 is 0. The summed E-state index contributed by atoms with van der Waals surface area (Å²) in [6, 6.07) is 11.0. The van der Waals surface area contributed by atoms with Gasteiger partial charge < -0.3 is 14.2 Å². The van der Waals surface area contributed by atoms with Crippen molar-refractivity contribution in [3.8, 4) is 17.2 Å². The maximum absolute atomic E-state index is 12.9. The van der Waals surface area contributed by atoms with Crippen molar-refractivity contribution in [2.45, 2.75) is 6.92 Å². The van der Waals surface area contributed by atoms with Crippen molar-refractivity contribution in [2.75, 3.05) is 21.3 Å². The summed E-state index contributed by atoms with van der Waals surface area (Å²) in [5, 5.41) is 1.40. The number of carbonyl (C=O) groups excluding carboxylic acids is 1. The number of methoxy groups -OCH3 is 3. The fraction of sp³-hybridized carbons (Fsp3) is 0.200. The third-order valence-corrected chi connectivity index (χ3v) is 4.10. The molecule has 1 heterocycles. The predicted molar refractivity (Wildman–Crippen MR) is 96.0 cm³/mol. The Hall–Kier alpha value is -3.08. The van der Waals surface area contributed by atoms with E-state index in [1.807, 2.05) is 19.1 Å². The number of ether oxygens (including phenoxy) is 3. The first-order valence-corrected chi connectivity index (χ1v) is 7.79. The maximum Gasteiger partial charge on any atom is 0.211 e. The smallest absolute Gasteiger partial charge is 0.211 e. The second kappa shape index (κ2) is 6.81. The Labute approximate surface area is 146 Å². The third kappa shape index (κ3) is 2.89. The molecular weight excluding hydrogens is 318 g/mol. The number of pyridine rings is 1. The fourth-order valence-corrected chi connectivity index (χ4v) is 2.82. The lowest BCUT2D eigenvalue weighted by atomic mass is 10.0. The Morgan fingerprint density at radius 3 is 2.16 bits per heavy atom. The van der Waals surface area contributed by atoms with Gasteiger partial charge in [-0.25, -0.2) is 0 Å². The molecule has 0 unspecified atom stereocenters. The van der Waals surface area contributed by atoms with E-state index in [2.05, 4.69) is 4.98 Å². The maximum atomic E-state index is 12.9. The highest BCUT2D eigenvalue weighted by molar-refractivity contribution is 6.16. The number of fused-ring (bicyclic) bond motifs is 1. The summed E-state index contributed by atoms with van der Waals surface area (Å²) < 4.78 is 16.3. The van der Waals surface area contributed by atoms with Crippen LogP contribution < -0.4 is 14.2 Å². The number of benzene rings is 2. The number of hydrogen-bond acceptors (Lipinski definition) is 5. The van der Waals surface area contributed by atoms with Crippen molar-refractivity contribution >= 4 is 16.6 Å². The molecular formula is C20H19NO4. The number of aryl methyl sites for hydroxylation is 1. The molecule has 0 fully saturated rings. The standard InChI is InChI=1S/C20H19NO4/c1-12-5-7-13(8-6-12)18(22)17-15-11-16(23-2)20(25-4)19(24-3)14(15)9-10-21-17/h5-11H,1-4H3. The minimum absolute atomic E-state index is 0.153. The van der Waals surface area contributed by atoms with Crippen molar-refractivity contribution in [2.24, 2.45) is 0 Å². The van der Waals surface area contributed by atoms with Crippen LogP contribution >= 0.6 is 0 Å². The molecule has 0 aliphatic heterocycles. The fourth-order valence-electron chi connectivity index (χ4n) is 2.82. The number of carbonyl (C=O) groups is 1. The molecule has 0 bridgehead atoms. The Kier molecular flexibility index (Phi) is 4.57. The van der Waals surface area contributed by atoms with Crippen molar-refractivity contribution in [3.05, 3.63) is 59.4 Å². The van der Waals surface area contributed by atoms with Crippen LogP contribution in [0.5, 0.6) is 17.2 Å². The summed E-state index contributed by atoms with van der Waals surface area (Å²) in [5.74, 6) is 1.33. The van der Waals surface area contributed by atoms with Crippen LogP contribution in [0.4, 0.5) is 0 Å². The first-order valence-electron chi connectivity index (χ1n) is 7.79. The Morgan fingerprint density at radius 1 is 0.880 bits per heavy atom. The topological polar surface area (TPSA) is 57.7 Å². The van der Waals surface area contributed by atoms with Crippen LogP contribution in [0.2, 0.25) is 0 Å². The minimum atomic E-state index is -0.153. The predicted octanol–water partition coefficient (Wildman–Crippen LogP) is 3.80. The normalized spacial score (nSPS) is 10.6. The van der Waals surface area contributed by atoms with Crippen molar-refractivity contribution in [3.63, 3.8) is 0 Å². The molecule has 0 atom stereocenters. The largest absolute Gasteiger partial charge is 0.493 e. The van der Waals surface area contributed by atoms with Crippen LogP contribution in [0.3, 0.4) is 0 Å². The molecule has 0 saturated carbocycles. The van der Waals surface area contributed by atoms with Gasteiger partial charge in [0.2, 0.25) is 11.5 Å². The zero-order chi connectivity index (χ0) is 18.0. The molecule has 5 nitrogen and oxygen atoms in total. The minimum Gasteiger partial charge on any atom is -0.493 e. The van der Waals surface area contributed by atoms with Crippen LogP contribution in [-0.2, 0) is 0 Å². The van der Waals surface area contributed by atoms with Gasteiger partial charge in [-0.1, -0.05) is 29.8 Å². The molecule has 0 radical (unpaired) electrons. The van der Waals surface area contributed by atoms with E-state index in [1.165, 1.54) is 0 Å². The van der Waals surface area contributed by atoms with Gasteiger partial charge in [0.15, 0.2) is 11.5 Å². The second-order valence-corrected chi connectivity index (χ2v) is 5.60. The summed E-state index contributed by atoms with van der Waals surface area (Å²) in [6.45, 7) is 1.98. The molecule has 0 N–H and O–H groups in total. The van der Waals surface area contributed by atoms with Crippen molar-refractivity contribution < 1.29 is 19.0 Å². The van der Waals surface area contributed by atoms with E-state index >= 15 is 0 Å². The van der Waals surface area contributed by atoms with Gasteiger partial charge >= 0.3 is 0 Å². The molecule has 25 heavy (non-hydrogen) atoms. The van der Waals surface area contributed by atoms with Gasteiger partial charge in [-0.2, -0.15) is 0 Å². The number of hydrogen-bond donors (Lipinski definition) is 0. The average molecular weight is 337 g/mol. The van der Waals surface area contributed by atoms with Crippen LogP contribution in [0.1, 0.15) is 21.6 Å². The van der Waals surface area contributed by atoms with Crippen LogP contribution in [-0.4, -0.2) is 32.1 Å². The molecule has 0 amide bonds. The molecule has 0 aliphatic carbocycles. The summed E-state index contributed by atoms with van der Waals surface area (Å²) in [5.41, 5.74) is 2.02. The Balaban J connectivity index is 2.26. The molecule has 2 aromatic carbocycles. The zero-order valence-corrected chi connectivity index (χ0v) is 14.6. The highest BCUT2D eigenvalue weighted by atomic mass is 16.5. The molecule has 1 aromatic heterocycles. The van der Waals surface area contributed by atoms with Gasteiger partial charge in [-0.15, -0.1) is 0 Å². The van der Waals surface area contributed by atoms with Gasteiger partial charge in [-0.05, 0) is 19.1 Å². The molecule has 128 valence electrons. The zero-order valence-electron chi connectivity index (χ0n) is 14.6. The van der Waals surface area contributed by atoms with E-state index in [0.717, 1.165) is 10.9 Å². The quantitative estimate of drug-likeness (QED) is 0.663. The number of aromatic nitrogens is 1. The van der Waals surface area contributed by atoms with Crippen LogP contribution in [0.25, 0.3) is 10.8 Å². The van der Waals surface area contributed by atoms with Gasteiger partial charge in [-0.3, -0.25) is 9.78 Å². The lowest BCUT2D eigenvalue weighted by molar-refractivity contribution is 0.103. The molecule has 3 rings (SSSR count). The lowest BCUT2D eigenvalue weighted by Gasteiger charge is -2.15. The van der Waals surface area contributed by atoms with Gasteiger partial charge in [0, 0.05) is 22.5 Å². The molecule has 0 aliphatic rings. The molecule has 5 heteroatoms. The van der Waals surface area contributed by atoms with Crippen molar-refractivity contribution in [1.29, 1.82) is 0 Å². The van der Waals surface area contributed by atoms with Gasteiger partial charge in [0.25, 0.3) is 0 Å². The number of rotatable bonds is 5. The number of nitrogens with zero attached hydrogens (tertiary/aromatic N) is 1. The average Bonchev–Trinajstić information content (AvgIpc) is 2.65. The molecule has 0 spiro atoms. The first kappa shape index (κ1) is 16.8. The van der Waals surface area contributed by atoms with E-state index in [0.29, 0.717) is 33.9 Å². The second-order valence-electron chi connectivity index (χ2n) is 5.60.